The van der Waals surface area contributed by atoms with Gasteiger partial charge in [-0.2, -0.15) is 0 Å². The van der Waals surface area contributed by atoms with E-state index in [0.29, 0.717) is 6.42 Å². The minimum Gasteiger partial charge on any atom is -0.360 e. The standard InChI is InChI=1S/C12H13BrN2O/c1-7(16)11(14)5-8-6-15-12-9(8)3-2-4-10(12)13/h2-4,6,11,15H,5,14H2,1H3/t11-/m0/s1. The van der Waals surface area contributed by atoms with Crippen molar-refractivity contribution in [2.45, 2.75) is 19.4 Å². The Morgan fingerprint density at radius 1 is 1.56 bits per heavy atom. The number of nitrogens with two attached hydrogens (primary N) is 1. The van der Waals surface area contributed by atoms with Gasteiger partial charge in [-0.25, -0.2) is 0 Å². The molecule has 2 rings (SSSR count). The third-order valence-electron chi connectivity index (χ3n) is 2.71. The van der Waals surface area contributed by atoms with Crippen LogP contribution in [0.25, 0.3) is 10.9 Å². The van der Waals surface area contributed by atoms with Gasteiger partial charge in [0.1, 0.15) is 5.78 Å². The van der Waals surface area contributed by atoms with E-state index in [4.69, 9.17) is 5.73 Å². The highest BCUT2D eigenvalue weighted by molar-refractivity contribution is 9.10. The SMILES string of the molecule is CC(=O)[C@@H](N)Cc1c[nH]c2c(Br)cccc12. The van der Waals surface area contributed by atoms with Crippen molar-refractivity contribution in [1.82, 2.24) is 4.98 Å². The summed E-state index contributed by atoms with van der Waals surface area (Å²) >= 11 is 3.48. The zero-order valence-electron chi connectivity index (χ0n) is 8.96. The molecule has 1 heterocycles. The molecule has 0 aliphatic heterocycles. The summed E-state index contributed by atoms with van der Waals surface area (Å²) in [5.74, 6) is 0.0179. The molecule has 0 fully saturated rings. The summed E-state index contributed by atoms with van der Waals surface area (Å²) in [5.41, 5.74) is 7.89. The zero-order valence-corrected chi connectivity index (χ0v) is 10.5. The summed E-state index contributed by atoms with van der Waals surface area (Å²) in [5, 5.41) is 1.12. The number of Topliss-reactive ketones (excluding diaryl/α,β-unsaturated/α-hetero) is 1. The Labute approximate surface area is 102 Å². The van der Waals surface area contributed by atoms with Gasteiger partial charge in [0.25, 0.3) is 0 Å². The number of hydrogen-bond acceptors (Lipinski definition) is 2. The van der Waals surface area contributed by atoms with Gasteiger partial charge in [-0.05, 0) is 40.9 Å². The largest absolute Gasteiger partial charge is 0.360 e. The summed E-state index contributed by atoms with van der Waals surface area (Å²) < 4.78 is 1.02. The van der Waals surface area contributed by atoms with Crippen molar-refractivity contribution in [3.05, 3.63) is 34.4 Å². The number of para-hydroxylation sites is 1. The molecular weight excluding hydrogens is 268 g/mol. The normalized spacial score (nSPS) is 12.9. The Morgan fingerprint density at radius 3 is 3.00 bits per heavy atom. The van der Waals surface area contributed by atoms with E-state index in [1.54, 1.807) is 0 Å². The number of benzene rings is 1. The molecule has 84 valence electrons. The lowest BCUT2D eigenvalue weighted by Gasteiger charge is -2.06. The van der Waals surface area contributed by atoms with E-state index < -0.39 is 6.04 Å². The predicted octanol–water partition coefficient (Wildman–Crippen LogP) is 2.39. The molecule has 0 spiro atoms. The number of hydrogen-bond donors (Lipinski definition) is 2. The quantitative estimate of drug-likeness (QED) is 0.907. The van der Waals surface area contributed by atoms with E-state index in [1.165, 1.54) is 6.92 Å². The highest BCUT2D eigenvalue weighted by atomic mass is 79.9. The molecule has 16 heavy (non-hydrogen) atoms. The maximum Gasteiger partial charge on any atom is 0.146 e. The topological polar surface area (TPSA) is 58.9 Å². The maximum absolute atomic E-state index is 11.1. The van der Waals surface area contributed by atoms with Crippen LogP contribution < -0.4 is 5.73 Å². The van der Waals surface area contributed by atoms with Gasteiger partial charge in [0.05, 0.1) is 11.6 Å². The zero-order chi connectivity index (χ0) is 11.7. The number of H-pyrrole nitrogens is 1. The maximum atomic E-state index is 11.1. The number of aromatic nitrogens is 1. The number of nitrogens with one attached hydrogen (secondary N) is 1. The molecule has 0 unspecified atom stereocenters. The van der Waals surface area contributed by atoms with Gasteiger partial charge >= 0.3 is 0 Å². The van der Waals surface area contributed by atoms with Crippen LogP contribution in [0.5, 0.6) is 0 Å². The van der Waals surface area contributed by atoms with E-state index in [9.17, 15) is 4.79 Å². The van der Waals surface area contributed by atoms with Crippen LogP contribution in [0.15, 0.2) is 28.9 Å². The lowest BCUT2D eigenvalue weighted by atomic mass is 10.0. The summed E-state index contributed by atoms with van der Waals surface area (Å²) in [7, 11) is 0. The van der Waals surface area contributed by atoms with Gasteiger partial charge < -0.3 is 10.7 Å². The predicted molar refractivity (Wildman–Crippen MR) is 68.4 cm³/mol. The molecule has 2 aromatic rings. The average Bonchev–Trinajstić information content (AvgIpc) is 2.63. The van der Waals surface area contributed by atoms with Crippen molar-refractivity contribution < 1.29 is 4.79 Å². The van der Waals surface area contributed by atoms with Crippen LogP contribution in [-0.4, -0.2) is 16.8 Å². The number of fused-ring (bicyclic) bond motifs is 1. The Bertz CT molecular complexity index is 533. The Morgan fingerprint density at radius 2 is 2.31 bits per heavy atom. The minimum atomic E-state index is -0.419. The Hall–Kier alpha value is -1.13. The second kappa shape index (κ2) is 4.39. The van der Waals surface area contributed by atoms with Crippen molar-refractivity contribution in [1.29, 1.82) is 0 Å². The fourth-order valence-electron chi connectivity index (χ4n) is 1.72. The van der Waals surface area contributed by atoms with E-state index in [1.807, 2.05) is 24.4 Å². The summed E-state index contributed by atoms with van der Waals surface area (Å²) in [6.07, 6.45) is 2.49. The second-order valence-corrected chi connectivity index (χ2v) is 4.75. The van der Waals surface area contributed by atoms with E-state index in [-0.39, 0.29) is 5.78 Å². The molecule has 4 heteroatoms. The van der Waals surface area contributed by atoms with Crippen molar-refractivity contribution in [2.24, 2.45) is 5.73 Å². The van der Waals surface area contributed by atoms with Crippen LogP contribution in [-0.2, 0) is 11.2 Å². The molecule has 0 radical (unpaired) electrons. The fourth-order valence-corrected chi connectivity index (χ4v) is 2.21. The van der Waals surface area contributed by atoms with E-state index in [2.05, 4.69) is 20.9 Å². The van der Waals surface area contributed by atoms with Gasteiger partial charge in [0.2, 0.25) is 0 Å². The first-order chi connectivity index (χ1) is 7.59. The van der Waals surface area contributed by atoms with Gasteiger partial charge in [-0.15, -0.1) is 0 Å². The summed E-state index contributed by atoms with van der Waals surface area (Å²) in [6.45, 7) is 1.52. The van der Waals surface area contributed by atoms with Crippen LogP contribution in [0.2, 0.25) is 0 Å². The number of carbonyl (C=O) groups is 1. The van der Waals surface area contributed by atoms with E-state index in [0.717, 1.165) is 20.9 Å². The highest BCUT2D eigenvalue weighted by Crippen LogP contribution is 2.26. The molecule has 0 amide bonds. The monoisotopic (exact) mass is 280 g/mol. The Balaban J connectivity index is 2.39. The molecule has 0 aliphatic carbocycles. The minimum absolute atomic E-state index is 0.0179. The third kappa shape index (κ3) is 2.03. The Kier molecular flexibility index (Phi) is 3.12. The van der Waals surface area contributed by atoms with Crippen molar-refractivity contribution in [2.75, 3.05) is 0 Å². The number of halogens is 1. The van der Waals surface area contributed by atoms with Gasteiger partial charge in [0.15, 0.2) is 0 Å². The lowest BCUT2D eigenvalue weighted by Crippen LogP contribution is -2.30. The smallest absolute Gasteiger partial charge is 0.146 e. The molecule has 3 N–H and O–H groups in total. The molecule has 0 saturated carbocycles. The lowest BCUT2D eigenvalue weighted by molar-refractivity contribution is -0.118. The molecule has 3 nitrogen and oxygen atoms in total. The number of rotatable bonds is 3. The van der Waals surface area contributed by atoms with E-state index >= 15 is 0 Å². The fraction of sp³-hybridized carbons (Fsp3) is 0.250. The van der Waals surface area contributed by atoms with Crippen molar-refractivity contribution in [3.8, 4) is 0 Å². The molecule has 1 atom stereocenters. The summed E-state index contributed by atoms with van der Waals surface area (Å²) in [6, 6.07) is 5.56. The van der Waals surface area contributed by atoms with Crippen LogP contribution in [0.3, 0.4) is 0 Å². The van der Waals surface area contributed by atoms with Crippen LogP contribution in [0, 0.1) is 0 Å². The van der Waals surface area contributed by atoms with Crippen LogP contribution >= 0.6 is 15.9 Å². The third-order valence-corrected chi connectivity index (χ3v) is 3.37. The first-order valence-corrected chi connectivity index (χ1v) is 5.89. The summed E-state index contributed by atoms with van der Waals surface area (Å²) in [4.78, 5) is 14.3. The number of aromatic amines is 1. The number of ketones is 1. The van der Waals surface area contributed by atoms with Gasteiger partial charge in [0, 0.05) is 16.1 Å². The highest BCUT2D eigenvalue weighted by Gasteiger charge is 2.12. The van der Waals surface area contributed by atoms with Crippen molar-refractivity contribution >= 4 is 32.6 Å². The first kappa shape index (κ1) is 11.4. The van der Waals surface area contributed by atoms with Gasteiger partial charge in [-0.1, -0.05) is 12.1 Å². The molecular formula is C12H13BrN2O. The molecule has 1 aromatic heterocycles. The molecule has 1 aromatic carbocycles. The molecule has 0 aliphatic rings. The van der Waals surface area contributed by atoms with Crippen LogP contribution in [0.4, 0.5) is 0 Å². The van der Waals surface area contributed by atoms with Crippen molar-refractivity contribution in [3.63, 3.8) is 0 Å². The molecule has 0 bridgehead atoms. The van der Waals surface area contributed by atoms with Gasteiger partial charge in [-0.3, -0.25) is 4.79 Å². The molecule has 0 saturated heterocycles. The number of carbonyl (C=O) groups excluding carboxylic acids is 1. The second-order valence-electron chi connectivity index (χ2n) is 3.90. The first-order valence-electron chi connectivity index (χ1n) is 5.10. The van der Waals surface area contributed by atoms with Crippen LogP contribution in [0.1, 0.15) is 12.5 Å². The average molecular weight is 281 g/mol.